The molecule has 5 aromatic rings. The van der Waals surface area contributed by atoms with Gasteiger partial charge in [-0.25, -0.2) is 13.8 Å². The Labute approximate surface area is 230 Å². The van der Waals surface area contributed by atoms with E-state index in [-0.39, 0.29) is 18.0 Å². The first-order valence-corrected chi connectivity index (χ1v) is 13.1. The van der Waals surface area contributed by atoms with Crippen molar-refractivity contribution in [3.63, 3.8) is 0 Å². The van der Waals surface area contributed by atoms with Crippen molar-refractivity contribution in [2.75, 3.05) is 45.1 Å². The van der Waals surface area contributed by atoms with E-state index in [0.29, 0.717) is 16.9 Å². The summed E-state index contributed by atoms with van der Waals surface area (Å²) in [7, 11) is 3.94. The zero-order valence-electron chi connectivity index (χ0n) is 22.3. The van der Waals surface area contributed by atoms with Crippen LogP contribution in [0.25, 0.3) is 39.0 Å². The van der Waals surface area contributed by atoms with E-state index in [2.05, 4.69) is 32.2 Å². The maximum atomic E-state index is 14.8. The number of likely N-dealkylation sites (N-methyl/N-ethyl adjacent to an activating group) is 1. The Bertz CT molecular complexity index is 1700. The predicted octanol–water partition coefficient (Wildman–Crippen LogP) is 4.56. The lowest BCUT2D eigenvalue weighted by Gasteiger charge is -2.31. The van der Waals surface area contributed by atoms with Crippen molar-refractivity contribution in [2.45, 2.75) is 0 Å². The molecule has 1 amide bonds. The number of anilines is 1. The first-order chi connectivity index (χ1) is 19.3. The monoisotopic (exact) mass is 541 g/mol. The van der Waals surface area contributed by atoms with Crippen molar-refractivity contribution in [3.8, 4) is 27.9 Å². The number of nitrogens with zero attached hydrogens (tertiary/aromatic N) is 6. The first kappa shape index (κ1) is 25.8. The van der Waals surface area contributed by atoms with Crippen molar-refractivity contribution < 1.29 is 13.6 Å². The van der Waals surface area contributed by atoms with E-state index >= 15 is 0 Å². The molecule has 3 aromatic carbocycles. The van der Waals surface area contributed by atoms with Crippen LogP contribution in [0, 0.1) is 11.6 Å². The number of fused-ring (bicyclic) bond motifs is 1. The fourth-order valence-electron chi connectivity index (χ4n) is 5.08. The fraction of sp³-hybridized carbons (Fsp3) is 0.233. The van der Waals surface area contributed by atoms with E-state index in [1.165, 1.54) is 12.1 Å². The Morgan fingerprint density at radius 2 is 1.75 bits per heavy atom. The number of carbonyl (C=O) groups is 1. The molecular formula is C30H29F2N7O. The van der Waals surface area contributed by atoms with Gasteiger partial charge in [-0.3, -0.25) is 18.9 Å². The molecule has 1 saturated heterocycles. The zero-order chi connectivity index (χ0) is 27.8. The summed E-state index contributed by atoms with van der Waals surface area (Å²) < 4.78 is 32.2. The highest BCUT2D eigenvalue weighted by Crippen LogP contribution is 2.31. The smallest absolute Gasteiger partial charge is 0.238 e. The summed E-state index contributed by atoms with van der Waals surface area (Å²) in [4.78, 5) is 21.9. The van der Waals surface area contributed by atoms with Crippen LogP contribution in [0.4, 0.5) is 14.5 Å². The van der Waals surface area contributed by atoms with E-state index in [0.717, 1.165) is 54.4 Å². The number of benzene rings is 3. The van der Waals surface area contributed by atoms with Crippen molar-refractivity contribution in [1.29, 1.82) is 0 Å². The van der Waals surface area contributed by atoms with Gasteiger partial charge < -0.3 is 10.2 Å². The highest BCUT2D eigenvalue weighted by molar-refractivity contribution is 5.94. The maximum absolute atomic E-state index is 14.8. The quantitative estimate of drug-likeness (QED) is 0.342. The van der Waals surface area contributed by atoms with Crippen LogP contribution in [0.2, 0.25) is 0 Å². The van der Waals surface area contributed by atoms with Gasteiger partial charge in [0.05, 0.1) is 23.8 Å². The second-order valence-corrected chi connectivity index (χ2v) is 10.2. The molecule has 10 heteroatoms. The first-order valence-electron chi connectivity index (χ1n) is 13.1. The average Bonchev–Trinajstić information content (AvgIpc) is 3.55. The lowest BCUT2D eigenvalue weighted by molar-refractivity contribution is -0.117. The SMILES string of the molecule is CN1CCN(CC(=O)Nc2cc(-c3ccc(F)cc3F)cc(-n3cnc4cc(-c5cnn(C)c5)ccc43)c2)CC1. The highest BCUT2D eigenvalue weighted by atomic mass is 19.1. The molecule has 1 N–H and O–H groups in total. The number of imidazole rings is 1. The molecule has 1 aliphatic heterocycles. The number of carbonyl (C=O) groups excluding carboxylic acids is 1. The summed E-state index contributed by atoms with van der Waals surface area (Å²) in [5.41, 5.74) is 5.55. The van der Waals surface area contributed by atoms with Gasteiger partial charge in [-0.2, -0.15) is 5.10 Å². The molecule has 2 aromatic heterocycles. The molecular weight excluding hydrogens is 512 g/mol. The summed E-state index contributed by atoms with van der Waals surface area (Å²) in [5.74, 6) is -1.48. The standard InChI is InChI=1S/C30H29F2N7O/c1-36-7-9-38(10-8-36)18-30(40)35-24-11-21(26-5-4-23(31)14-27(26)32)12-25(15-24)39-19-33-28-13-20(3-6-29(28)39)22-16-34-37(2)17-22/h3-6,11-17,19H,7-10,18H2,1-2H3,(H,35,40). The van der Waals surface area contributed by atoms with Crippen LogP contribution in [0.15, 0.2) is 73.3 Å². The van der Waals surface area contributed by atoms with Crippen LogP contribution in [0.5, 0.6) is 0 Å². The molecule has 0 saturated carbocycles. The van der Waals surface area contributed by atoms with Crippen molar-refractivity contribution >= 4 is 22.6 Å². The predicted molar refractivity (Wildman–Crippen MR) is 151 cm³/mol. The number of aryl methyl sites for hydroxylation is 1. The Hall–Kier alpha value is -4.41. The van der Waals surface area contributed by atoms with Gasteiger partial charge in [0, 0.05) is 68.0 Å². The molecule has 0 spiro atoms. The number of aromatic nitrogens is 4. The third-order valence-electron chi connectivity index (χ3n) is 7.27. The van der Waals surface area contributed by atoms with Crippen LogP contribution in [0.3, 0.4) is 0 Å². The van der Waals surface area contributed by atoms with Crippen LogP contribution in [0.1, 0.15) is 0 Å². The number of rotatable bonds is 6. The van der Waals surface area contributed by atoms with E-state index in [1.54, 1.807) is 23.3 Å². The lowest BCUT2D eigenvalue weighted by atomic mass is 10.0. The Kier molecular flexibility index (Phi) is 6.87. The summed E-state index contributed by atoms with van der Waals surface area (Å²) in [6, 6.07) is 14.8. The molecule has 204 valence electrons. The minimum Gasteiger partial charge on any atom is -0.325 e. The molecule has 0 unspecified atom stereocenters. The van der Waals surface area contributed by atoms with Gasteiger partial charge in [0.1, 0.15) is 18.0 Å². The molecule has 1 aliphatic rings. The number of halogens is 2. The van der Waals surface area contributed by atoms with Crippen LogP contribution in [-0.4, -0.2) is 74.8 Å². The zero-order valence-corrected chi connectivity index (χ0v) is 22.3. The summed E-state index contributed by atoms with van der Waals surface area (Å²) in [5, 5.41) is 7.24. The average molecular weight is 542 g/mol. The number of hydrogen-bond acceptors (Lipinski definition) is 5. The van der Waals surface area contributed by atoms with Gasteiger partial charge in [0.2, 0.25) is 5.91 Å². The van der Waals surface area contributed by atoms with Gasteiger partial charge in [0.15, 0.2) is 0 Å². The third-order valence-corrected chi connectivity index (χ3v) is 7.27. The van der Waals surface area contributed by atoms with Gasteiger partial charge in [0.25, 0.3) is 0 Å². The van der Waals surface area contributed by atoms with Crippen LogP contribution >= 0.6 is 0 Å². The molecule has 6 rings (SSSR count). The van der Waals surface area contributed by atoms with E-state index in [1.807, 2.05) is 48.1 Å². The van der Waals surface area contributed by atoms with Crippen LogP contribution < -0.4 is 5.32 Å². The molecule has 0 atom stereocenters. The Balaban J connectivity index is 1.36. The van der Waals surface area contributed by atoms with Crippen LogP contribution in [-0.2, 0) is 11.8 Å². The van der Waals surface area contributed by atoms with Crippen molar-refractivity contribution in [1.82, 2.24) is 29.1 Å². The van der Waals surface area contributed by atoms with Gasteiger partial charge in [-0.15, -0.1) is 0 Å². The number of amides is 1. The van der Waals surface area contributed by atoms with Gasteiger partial charge in [-0.1, -0.05) is 6.07 Å². The Morgan fingerprint density at radius 1 is 0.925 bits per heavy atom. The molecule has 0 aliphatic carbocycles. The summed E-state index contributed by atoms with van der Waals surface area (Å²) in [6.07, 6.45) is 5.44. The maximum Gasteiger partial charge on any atom is 0.238 e. The number of hydrogen-bond donors (Lipinski definition) is 1. The number of nitrogens with one attached hydrogen (secondary N) is 1. The Morgan fingerprint density at radius 3 is 2.50 bits per heavy atom. The largest absolute Gasteiger partial charge is 0.325 e. The minimum absolute atomic E-state index is 0.149. The molecule has 1 fully saturated rings. The highest BCUT2D eigenvalue weighted by Gasteiger charge is 2.18. The fourth-order valence-corrected chi connectivity index (χ4v) is 5.08. The molecule has 3 heterocycles. The van der Waals surface area contributed by atoms with Gasteiger partial charge >= 0.3 is 0 Å². The van der Waals surface area contributed by atoms with E-state index in [9.17, 15) is 13.6 Å². The minimum atomic E-state index is -0.677. The number of piperazine rings is 1. The summed E-state index contributed by atoms with van der Waals surface area (Å²) >= 11 is 0. The second kappa shape index (κ2) is 10.6. The van der Waals surface area contributed by atoms with Gasteiger partial charge in [-0.05, 0) is 60.6 Å². The molecule has 8 nitrogen and oxygen atoms in total. The molecule has 0 radical (unpaired) electrons. The lowest BCUT2D eigenvalue weighted by Crippen LogP contribution is -2.47. The molecule has 40 heavy (non-hydrogen) atoms. The molecule has 0 bridgehead atoms. The van der Waals surface area contributed by atoms with Crippen molar-refractivity contribution in [3.05, 3.63) is 85.0 Å². The second-order valence-electron chi connectivity index (χ2n) is 10.2. The van der Waals surface area contributed by atoms with E-state index in [4.69, 9.17) is 0 Å². The summed E-state index contributed by atoms with van der Waals surface area (Å²) in [6.45, 7) is 3.72. The topological polar surface area (TPSA) is 71.2 Å². The third kappa shape index (κ3) is 5.36. The van der Waals surface area contributed by atoms with E-state index < -0.39 is 11.6 Å². The van der Waals surface area contributed by atoms with Crippen molar-refractivity contribution in [2.24, 2.45) is 7.05 Å². The normalized spacial score (nSPS) is 14.6.